The summed E-state index contributed by atoms with van der Waals surface area (Å²) in [6.45, 7) is 0.194. The van der Waals surface area contributed by atoms with Crippen LogP contribution >= 0.6 is 0 Å². The predicted molar refractivity (Wildman–Crippen MR) is 63.4 cm³/mol. The van der Waals surface area contributed by atoms with E-state index in [1.807, 2.05) is 0 Å². The average Bonchev–Trinajstić information content (AvgIpc) is 3.01. The maximum atomic E-state index is 11.6. The lowest BCUT2D eigenvalue weighted by Crippen LogP contribution is -2.37. The first-order valence-corrected chi connectivity index (χ1v) is 6.09. The molecule has 0 spiro atoms. The Kier molecular flexibility index (Phi) is 3.98. The Morgan fingerprint density at radius 1 is 1.37 bits per heavy atom. The van der Waals surface area contributed by atoms with Crippen molar-refractivity contribution in [1.29, 1.82) is 0 Å². The van der Waals surface area contributed by atoms with E-state index in [0.717, 1.165) is 12.8 Å². The van der Waals surface area contributed by atoms with Crippen LogP contribution in [0.4, 0.5) is 0 Å². The second-order valence-electron chi connectivity index (χ2n) is 4.52. The molecule has 8 nitrogen and oxygen atoms in total. The molecule has 19 heavy (non-hydrogen) atoms. The van der Waals surface area contributed by atoms with Crippen LogP contribution in [-0.4, -0.2) is 47.3 Å². The molecular weight excluding hydrogens is 254 g/mol. The minimum Gasteiger partial charge on any atom is -0.477 e. The monoisotopic (exact) mass is 269 g/mol. The van der Waals surface area contributed by atoms with Gasteiger partial charge in [-0.3, -0.25) is 9.59 Å². The van der Waals surface area contributed by atoms with Crippen LogP contribution in [0.5, 0.6) is 0 Å². The molecule has 1 atom stereocenters. The van der Waals surface area contributed by atoms with Gasteiger partial charge < -0.3 is 20.6 Å². The predicted octanol–water partition coefficient (Wildman–Crippen LogP) is -0.999. The van der Waals surface area contributed by atoms with Crippen LogP contribution in [0.1, 0.15) is 25.7 Å². The summed E-state index contributed by atoms with van der Waals surface area (Å²) in [4.78, 5) is 38.2. The van der Waals surface area contributed by atoms with Crippen LogP contribution in [0.15, 0.2) is 5.16 Å². The Labute approximate surface area is 109 Å². The Balaban J connectivity index is 1.62. The zero-order chi connectivity index (χ0) is 13.8. The van der Waals surface area contributed by atoms with Gasteiger partial charge in [-0.25, -0.2) is 4.79 Å². The van der Waals surface area contributed by atoms with Gasteiger partial charge in [0, 0.05) is 25.4 Å². The smallest absolute Gasteiger partial charge is 0.353 e. The van der Waals surface area contributed by atoms with E-state index in [1.165, 1.54) is 0 Å². The van der Waals surface area contributed by atoms with E-state index < -0.39 is 18.0 Å². The highest BCUT2D eigenvalue weighted by Gasteiger charge is 2.31. The summed E-state index contributed by atoms with van der Waals surface area (Å²) in [6.07, 6.45) is 1.25. The quantitative estimate of drug-likeness (QED) is 0.572. The molecule has 2 rings (SSSR count). The summed E-state index contributed by atoms with van der Waals surface area (Å²) in [5.41, 5.74) is -0.174. The van der Waals surface area contributed by atoms with Gasteiger partial charge in [0.2, 0.25) is 12.0 Å². The molecule has 0 radical (unpaired) electrons. The first kappa shape index (κ1) is 13.3. The summed E-state index contributed by atoms with van der Waals surface area (Å²) in [6, 6.07) is 0.299. The highest BCUT2D eigenvalue weighted by Crippen LogP contribution is 2.18. The number of rotatable bonds is 6. The summed E-state index contributed by atoms with van der Waals surface area (Å²) >= 11 is 0. The fraction of sp³-hybridized carbons (Fsp3) is 0.636. The number of hydrogen-bond donors (Lipinski definition) is 3. The maximum absolute atomic E-state index is 11.6. The van der Waals surface area contributed by atoms with E-state index in [-0.39, 0.29) is 31.0 Å². The van der Waals surface area contributed by atoms with Gasteiger partial charge in [-0.1, -0.05) is 5.16 Å². The Morgan fingerprint density at radius 2 is 2.11 bits per heavy atom. The second kappa shape index (κ2) is 5.68. The third kappa shape index (κ3) is 3.94. The fourth-order valence-corrected chi connectivity index (χ4v) is 1.58. The Bertz CT molecular complexity index is 430. The van der Waals surface area contributed by atoms with Gasteiger partial charge in [-0.05, 0) is 12.8 Å². The van der Waals surface area contributed by atoms with Gasteiger partial charge in [-0.2, -0.15) is 0 Å². The molecule has 3 N–H and O–H groups in total. The van der Waals surface area contributed by atoms with Gasteiger partial charge in [0.1, 0.15) is 0 Å². The first-order chi connectivity index (χ1) is 9.06. The van der Waals surface area contributed by atoms with Crippen LogP contribution in [-0.2, 0) is 19.2 Å². The van der Waals surface area contributed by atoms with Crippen LogP contribution in [0, 0.1) is 0 Å². The molecule has 1 aliphatic carbocycles. The third-order valence-corrected chi connectivity index (χ3v) is 2.80. The van der Waals surface area contributed by atoms with Crippen LogP contribution in [0.2, 0.25) is 0 Å². The maximum Gasteiger partial charge on any atom is 0.353 e. The van der Waals surface area contributed by atoms with Crippen LogP contribution < -0.4 is 10.6 Å². The summed E-state index contributed by atoms with van der Waals surface area (Å²) < 4.78 is 0. The van der Waals surface area contributed by atoms with Crippen molar-refractivity contribution in [2.24, 2.45) is 5.16 Å². The molecule has 1 fully saturated rings. The highest BCUT2D eigenvalue weighted by atomic mass is 16.6. The first-order valence-electron chi connectivity index (χ1n) is 6.09. The van der Waals surface area contributed by atoms with Crippen molar-refractivity contribution < 1.29 is 24.3 Å². The van der Waals surface area contributed by atoms with Gasteiger partial charge >= 0.3 is 5.97 Å². The number of hydrogen-bond acceptors (Lipinski definition) is 5. The van der Waals surface area contributed by atoms with Crippen molar-refractivity contribution in [3.8, 4) is 0 Å². The molecule has 0 aromatic rings. The number of aliphatic carboxylic acids is 1. The van der Waals surface area contributed by atoms with Crippen molar-refractivity contribution in [2.45, 2.75) is 37.8 Å². The van der Waals surface area contributed by atoms with E-state index in [9.17, 15) is 14.4 Å². The Morgan fingerprint density at radius 3 is 2.68 bits per heavy atom. The van der Waals surface area contributed by atoms with Crippen molar-refractivity contribution >= 4 is 23.5 Å². The standard InChI is InChI=1S/C11H15N3O5/c15-9(13-6-1-2-6)3-4-12-10(16)8-5-7(11(17)18)14-19-8/h6,8H,1-5H2,(H,12,16)(H,13,15)(H,17,18). The molecule has 8 heteroatoms. The largest absolute Gasteiger partial charge is 0.477 e. The number of nitrogens with zero attached hydrogens (tertiary/aromatic N) is 1. The molecule has 0 bridgehead atoms. The second-order valence-corrected chi connectivity index (χ2v) is 4.52. The van der Waals surface area contributed by atoms with E-state index in [1.54, 1.807) is 0 Å². The van der Waals surface area contributed by atoms with E-state index in [2.05, 4.69) is 15.8 Å². The molecular formula is C11H15N3O5. The van der Waals surface area contributed by atoms with Gasteiger partial charge in [0.25, 0.3) is 5.91 Å². The van der Waals surface area contributed by atoms with E-state index in [4.69, 9.17) is 9.94 Å². The summed E-state index contributed by atoms with van der Waals surface area (Å²) in [5, 5.41) is 17.3. The number of carboxylic acid groups (broad SMARTS) is 1. The fourth-order valence-electron chi connectivity index (χ4n) is 1.58. The van der Waals surface area contributed by atoms with E-state index in [0.29, 0.717) is 6.04 Å². The van der Waals surface area contributed by atoms with Gasteiger partial charge in [0.05, 0.1) is 0 Å². The minimum atomic E-state index is -1.20. The zero-order valence-corrected chi connectivity index (χ0v) is 10.2. The molecule has 1 aliphatic heterocycles. The molecule has 1 heterocycles. The molecule has 1 unspecified atom stereocenters. The van der Waals surface area contributed by atoms with Crippen LogP contribution in [0.3, 0.4) is 0 Å². The lowest BCUT2D eigenvalue weighted by Gasteiger charge is -2.09. The number of carbonyl (C=O) groups excluding carboxylic acids is 2. The summed E-state index contributed by atoms with van der Waals surface area (Å²) in [5.74, 6) is -1.75. The molecule has 0 saturated heterocycles. The van der Waals surface area contributed by atoms with Crippen molar-refractivity contribution in [3.63, 3.8) is 0 Å². The normalized spacial score (nSPS) is 21.3. The lowest BCUT2D eigenvalue weighted by molar-refractivity contribution is -0.131. The highest BCUT2D eigenvalue weighted by molar-refractivity contribution is 6.36. The summed E-state index contributed by atoms with van der Waals surface area (Å²) in [7, 11) is 0. The van der Waals surface area contributed by atoms with Gasteiger partial charge in [-0.15, -0.1) is 0 Å². The lowest BCUT2D eigenvalue weighted by atomic mass is 10.1. The zero-order valence-electron chi connectivity index (χ0n) is 10.2. The molecule has 0 aromatic heterocycles. The van der Waals surface area contributed by atoms with Crippen molar-refractivity contribution in [2.75, 3.05) is 6.54 Å². The number of amides is 2. The van der Waals surface area contributed by atoms with Crippen molar-refractivity contribution in [1.82, 2.24) is 10.6 Å². The third-order valence-electron chi connectivity index (χ3n) is 2.80. The number of oxime groups is 1. The topological polar surface area (TPSA) is 117 Å². The average molecular weight is 269 g/mol. The number of carboxylic acids is 1. The number of carbonyl (C=O) groups is 3. The molecule has 1 saturated carbocycles. The Hall–Kier alpha value is -2.12. The van der Waals surface area contributed by atoms with E-state index >= 15 is 0 Å². The van der Waals surface area contributed by atoms with Crippen molar-refractivity contribution in [3.05, 3.63) is 0 Å². The van der Waals surface area contributed by atoms with Gasteiger partial charge in [0.15, 0.2) is 5.71 Å². The molecule has 2 amide bonds. The van der Waals surface area contributed by atoms with Crippen LogP contribution in [0.25, 0.3) is 0 Å². The molecule has 2 aliphatic rings. The molecule has 104 valence electrons. The number of nitrogens with one attached hydrogen (secondary N) is 2. The SMILES string of the molecule is O=C(CCNC(=O)C1CC(C(=O)O)=NO1)NC1CC1. The molecule has 0 aromatic carbocycles. The minimum absolute atomic E-state index is 0.0601.